The summed E-state index contributed by atoms with van der Waals surface area (Å²) in [5, 5.41) is 2.89. The van der Waals surface area contributed by atoms with Crippen molar-refractivity contribution in [3.05, 3.63) is 29.3 Å². The highest BCUT2D eigenvalue weighted by molar-refractivity contribution is 5.78. The Bertz CT molecular complexity index is 492. The van der Waals surface area contributed by atoms with Crippen LogP contribution in [0.25, 0.3) is 0 Å². The summed E-state index contributed by atoms with van der Waals surface area (Å²) >= 11 is 0. The first-order valence-electron chi connectivity index (χ1n) is 7.18. The molecule has 2 rings (SSSR count). The van der Waals surface area contributed by atoms with Gasteiger partial charge in [-0.2, -0.15) is 0 Å². The maximum Gasteiger partial charge on any atom is 0.258 e. The molecule has 1 atom stereocenters. The smallest absolute Gasteiger partial charge is 0.258 e. The fourth-order valence-electron chi connectivity index (χ4n) is 2.58. The Morgan fingerprint density at radius 2 is 2.20 bits per heavy atom. The van der Waals surface area contributed by atoms with E-state index in [1.165, 1.54) is 0 Å². The van der Waals surface area contributed by atoms with E-state index in [0.29, 0.717) is 0 Å². The van der Waals surface area contributed by atoms with Crippen molar-refractivity contribution < 1.29 is 9.53 Å². The van der Waals surface area contributed by atoms with Gasteiger partial charge in [-0.25, -0.2) is 0 Å². The van der Waals surface area contributed by atoms with E-state index in [1.54, 1.807) is 0 Å². The summed E-state index contributed by atoms with van der Waals surface area (Å²) in [6.45, 7) is 5.90. The molecular weight excluding hydrogens is 252 g/mol. The lowest BCUT2D eigenvalue weighted by molar-refractivity contribution is -0.124. The van der Waals surface area contributed by atoms with Gasteiger partial charge in [0.2, 0.25) is 0 Å². The summed E-state index contributed by atoms with van der Waals surface area (Å²) in [5.41, 5.74) is 8.20. The number of amides is 1. The summed E-state index contributed by atoms with van der Waals surface area (Å²) in [5.74, 6) is 0.692. The number of ether oxygens (including phenoxy) is 1. The van der Waals surface area contributed by atoms with Crippen LogP contribution < -0.4 is 15.8 Å². The lowest BCUT2D eigenvalue weighted by atomic mass is 9.88. The predicted molar refractivity (Wildman–Crippen MR) is 79.7 cm³/mol. The van der Waals surface area contributed by atoms with E-state index in [1.807, 2.05) is 32.9 Å². The molecule has 0 bridgehead atoms. The minimum atomic E-state index is -0.237. The summed E-state index contributed by atoms with van der Waals surface area (Å²) in [4.78, 5) is 11.8. The average molecular weight is 276 g/mol. The Hall–Kier alpha value is -1.55. The number of nitrogens with one attached hydrogen (secondary N) is 1. The molecule has 0 spiro atoms. The molecular formula is C16H24N2O2. The number of carbonyl (C=O) groups excluding carboxylic acids is 1. The second-order valence-electron chi connectivity index (χ2n) is 6.41. The third-order valence-corrected chi connectivity index (χ3v) is 3.38. The van der Waals surface area contributed by atoms with E-state index < -0.39 is 0 Å². The van der Waals surface area contributed by atoms with Crippen LogP contribution in [-0.2, 0) is 11.2 Å². The van der Waals surface area contributed by atoms with Crippen LogP contribution in [0.15, 0.2) is 18.2 Å². The van der Waals surface area contributed by atoms with Gasteiger partial charge in [-0.05, 0) is 57.2 Å². The molecule has 110 valence electrons. The second kappa shape index (κ2) is 5.83. The fraction of sp³-hybridized carbons (Fsp3) is 0.562. The zero-order valence-corrected chi connectivity index (χ0v) is 12.5. The Balaban J connectivity index is 2.04. The van der Waals surface area contributed by atoms with Gasteiger partial charge in [-0.15, -0.1) is 0 Å². The SMILES string of the molecule is CC(C)(C)NC(=O)COc1cccc2c1CCCC2N. The first kappa shape index (κ1) is 14.9. The number of hydrogen-bond acceptors (Lipinski definition) is 3. The zero-order valence-electron chi connectivity index (χ0n) is 12.5. The van der Waals surface area contributed by atoms with Crippen LogP contribution in [0.5, 0.6) is 5.75 Å². The molecule has 0 saturated carbocycles. The average Bonchev–Trinajstić information content (AvgIpc) is 2.35. The van der Waals surface area contributed by atoms with Crippen molar-refractivity contribution in [3.63, 3.8) is 0 Å². The number of benzene rings is 1. The highest BCUT2D eigenvalue weighted by Gasteiger charge is 2.20. The van der Waals surface area contributed by atoms with Gasteiger partial charge in [-0.3, -0.25) is 4.79 Å². The van der Waals surface area contributed by atoms with Gasteiger partial charge in [0.1, 0.15) is 5.75 Å². The summed E-state index contributed by atoms with van der Waals surface area (Å²) in [6.07, 6.45) is 3.06. The minimum Gasteiger partial charge on any atom is -0.483 e. The zero-order chi connectivity index (χ0) is 14.8. The Morgan fingerprint density at radius 3 is 2.90 bits per heavy atom. The van der Waals surface area contributed by atoms with Gasteiger partial charge < -0.3 is 15.8 Å². The molecule has 0 radical (unpaired) electrons. The first-order valence-corrected chi connectivity index (χ1v) is 7.18. The molecule has 1 aliphatic rings. The van der Waals surface area contributed by atoms with E-state index in [-0.39, 0.29) is 24.1 Å². The predicted octanol–water partition coefficient (Wildman–Crippen LogP) is 2.32. The summed E-state index contributed by atoms with van der Waals surface area (Å²) in [6, 6.07) is 6.01. The van der Waals surface area contributed by atoms with Gasteiger partial charge in [0.25, 0.3) is 5.91 Å². The molecule has 0 fully saturated rings. The van der Waals surface area contributed by atoms with E-state index in [4.69, 9.17) is 10.5 Å². The van der Waals surface area contributed by atoms with Gasteiger partial charge in [0, 0.05) is 11.6 Å². The number of carbonyl (C=O) groups is 1. The van der Waals surface area contributed by atoms with Gasteiger partial charge in [0.15, 0.2) is 6.61 Å². The highest BCUT2D eigenvalue weighted by atomic mass is 16.5. The van der Waals surface area contributed by atoms with Crippen molar-refractivity contribution in [2.24, 2.45) is 5.73 Å². The lowest BCUT2D eigenvalue weighted by Crippen LogP contribution is -2.43. The molecule has 4 nitrogen and oxygen atoms in total. The molecule has 0 saturated heterocycles. The normalized spacial score (nSPS) is 18.3. The Labute approximate surface area is 120 Å². The van der Waals surface area contributed by atoms with E-state index in [9.17, 15) is 4.79 Å². The van der Waals surface area contributed by atoms with Crippen LogP contribution in [0, 0.1) is 0 Å². The van der Waals surface area contributed by atoms with E-state index in [2.05, 4.69) is 11.4 Å². The number of rotatable bonds is 3. The highest BCUT2D eigenvalue weighted by Crippen LogP contribution is 2.33. The molecule has 0 heterocycles. The summed E-state index contributed by atoms with van der Waals surface area (Å²) < 4.78 is 5.69. The van der Waals surface area contributed by atoms with Gasteiger partial charge in [0.05, 0.1) is 0 Å². The molecule has 1 aliphatic carbocycles. The van der Waals surface area contributed by atoms with Crippen molar-refractivity contribution in [2.45, 2.75) is 51.6 Å². The molecule has 20 heavy (non-hydrogen) atoms. The van der Waals surface area contributed by atoms with Crippen molar-refractivity contribution in [1.82, 2.24) is 5.32 Å². The van der Waals surface area contributed by atoms with E-state index in [0.717, 1.165) is 36.1 Å². The molecule has 1 unspecified atom stereocenters. The van der Waals surface area contributed by atoms with Crippen molar-refractivity contribution >= 4 is 5.91 Å². The fourth-order valence-corrected chi connectivity index (χ4v) is 2.58. The first-order chi connectivity index (χ1) is 9.37. The second-order valence-corrected chi connectivity index (χ2v) is 6.41. The van der Waals surface area contributed by atoms with Crippen molar-refractivity contribution in [3.8, 4) is 5.75 Å². The Morgan fingerprint density at radius 1 is 1.45 bits per heavy atom. The largest absolute Gasteiger partial charge is 0.483 e. The monoisotopic (exact) mass is 276 g/mol. The van der Waals surface area contributed by atoms with Crippen LogP contribution >= 0.6 is 0 Å². The van der Waals surface area contributed by atoms with Gasteiger partial charge >= 0.3 is 0 Å². The molecule has 0 aliphatic heterocycles. The van der Waals surface area contributed by atoms with E-state index >= 15 is 0 Å². The molecule has 1 aromatic carbocycles. The van der Waals surface area contributed by atoms with Crippen LogP contribution in [-0.4, -0.2) is 18.1 Å². The quantitative estimate of drug-likeness (QED) is 0.890. The third-order valence-electron chi connectivity index (χ3n) is 3.38. The number of nitrogens with two attached hydrogens (primary N) is 1. The van der Waals surface area contributed by atoms with Crippen LogP contribution in [0.1, 0.15) is 50.8 Å². The van der Waals surface area contributed by atoms with Crippen LogP contribution in [0.2, 0.25) is 0 Å². The maximum atomic E-state index is 11.8. The standard InChI is InChI=1S/C16H24N2O2/c1-16(2,3)18-15(19)10-20-14-9-5-6-11-12(14)7-4-8-13(11)17/h5-6,9,13H,4,7-8,10,17H2,1-3H3,(H,18,19). The van der Waals surface area contributed by atoms with Crippen LogP contribution in [0.3, 0.4) is 0 Å². The third kappa shape index (κ3) is 3.73. The molecule has 4 heteroatoms. The van der Waals surface area contributed by atoms with Crippen molar-refractivity contribution in [1.29, 1.82) is 0 Å². The molecule has 0 aromatic heterocycles. The van der Waals surface area contributed by atoms with Gasteiger partial charge in [-0.1, -0.05) is 12.1 Å². The van der Waals surface area contributed by atoms with Crippen LogP contribution in [0.4, 0.5) is 0 Å². The number of hydrogen-bond donors (Lipinski definition) is 2. The number of fused-ring (bicyclic) bond motifs is 1. The molecule has 3 N–H and O–H groups in total. The topological polar surface area (TPSA) is 64.3 Å². The molecule has 1 aromatic rings. The molecule has 1 amide bonds. The minimum absolute atomic E-state index is 0.0446. The summed E-state index contributed by atoms with van der Waals surface area (Å²) in [7, 11) is 0. The van der Waals surface area contributed by atoms with Crippen molar-refractivity contribution in [2.75, 3.05) is 6.61 Å². The Kier molecular flexibility index (Phi) is 4.33. The maximum absolute atomic E-state index is 11.8. The lowest BCUT2D eigenvalue weighted by Gasteiger charge is -2.25.